The number of rotatable bonds is 14. The van der Waals surface area contributed by atoms with Crippen LogP contribution >= 0.6 is 0 Å². The lowest BCUT2D eigenvalue weighted by Gasteiger charge is -2.36. The van der Waals surface area contributed by atoms with E-state index in [1.165, 1.54) is 0 Å². The normalized spacial score (nSPS) is 30.6. The number of carbonyl (C=O) groups is 2. The highest BCUT2D eigenvalue weighted by atomic mass is 16.7. The second kappa shape index (κ2) is 16.0. The third kappa shape index (κ3) is 8.86. The molecule has 42 heavy (non-hydrogen) atoms. The van der Waals surface area contributed by atoms with Gasteiger partial charge in [-0.15, -0.1) is 0 Å². The van der Waals surface area contributed by atoms with Gasteiger partial charge >= 0.3 is 5.97 Å². The lowest BCUT2D eigenvalue weighted by Crippen LogP contribution is -2.42. The molecular formula is C33H46O9. The summed E-state index contributed by atoms with van der Waals surface area (Å²) in [7, 11) is 0. The zero-order valence-corrected chi connectivity index (χ0v) is 24.5. The minimum absolute atomic E-state index is 0.000877. The third-order valence-electron chi connectivity index (χ3n) is 8.76. The Morgan fingerprint density at radius 2 is 1.81 bits per heavy atom. The summed E-state index contributed by atoms with van der Waals surface area (Å²) in [4.78, 5) is 24.1. The smallest absolute Gasteiger partial charge is 0.303 e. The molecule has 1 aromatic rings. The second-order valence-electron chi connectivity index (χ2n) is 11.9. The lowest BCUT2D eigenvalue weighted by molar-refractivity contribution is -0.252. The second-order valence-corrected chi connectivity index (χ2v) is 11.9. The number of benzene rings is 1. The van der Waals surface area contributed by atoms with Crippen LogP contribution in [-0.4, -0.2) is 61.2 Å². The van der Waals surface area contributed by atoms with Crippen LogP contribution in [0.15, 0.2) is 36.4 Å². The molecule has 0 amide bonds. The van der Waals surface area contributed by atoms with E-state index < -0.39 is 12.3 Å². The largest absolute Gasteiger partial charge is 0.481 e. The first-order valence-electron chi connectivity index (χ1n) is 15.9. The molecule has 1 aromatic carbocycles. The molecule has 0 aromatic heterocycles. The van der Waals surface area contributed by atoms with Gasteiger partial charge in [0.05, 0.1) is 12.7 Å². The van der Waals surface area contributed by atoms with Crippen molar-refractivity contribution in [1.29, 1.82) is 0 Å². The van der Waals surface area contributed by atoms with Crippen LogP contribution in [0.5, 0.6) is 5.75 Å². The van der Waals surface area contributed by atoms with Gasteiger partial charge in [-0.05, 0) is 82.6 Å². The van der Waals surface area contributed by atoms with Gasteiger partial charge in [-0.25, -0.2) is 0 Å². The minimum atomic E-state index is -0.788. The Morgan fingerprint density at radius 1 is 1.02 bits per heavy atom. The number of fused-ring (bicyclic) bond motifs is 1. The number of carbonyl (C=O) groups excluding carboxylic acids is 1. The molecule has 9 heteroatoms. The predicted octanol–water partition coefficient (Wildman–Crippen LogP) is 5.93. The molecule has 0 spiro atoms. The van der Waals surface area contributed by atoms with E-state index in [4.69, 9.17) is 33.5 Å². The maximum Gasteiger partial charge on any atom is 0.303 e. The number of ether oxygens (including phenoxy) is 6. The summed E-state index contributed by atoms with van der Waals surface area (Å²) in [5.41, 5.74) is 1.01. The molecule has 232 valence electrons. The maximum atomic E-state index is 13.3. The Kier molecular flexibility index (Phi) is 11.8. The standard InChI is InChI=1S/C33H46O9/c34-26-21-29(41-32-16-8-10-20-38-32)25(24(26)12-3-1-2-4-14-30(35)36)17-18-28(40-31-15-7-9-19-37-31)33-39-22-23-11-5-6-13-27(23)42-33/h1,3,5-6,11,13,24-25,28-29,31-33H,2,4,7-10,12,14-22H2,(H,35,36)/b3-1-/t24-,25-,28-,29-,31?,32?,33?/m1/s1. The Labute approximate surface area is 248 Å². The first-order valence-corrected chi connectivity index (χ1v) is 15.9. The molecule has 1 aliphatic carbocycles. The molecule has 7 atom stereocenters. The fourth-order valence-electron chi connectivity index (χ4n) is 6.48. The van der Waals surface area contributed by atoms with Gasteiger partial charge in [0.1, 0.15) is 17.6 Å². The van der Waals surface area contributed by atoms with Gasteiger partial charge in [0.2, 0.25) is 6.29 Å². The van der Waals surface area contributed by atoms with E-state index in [1.807, 2.05) is 36.4 Å². The molecule has 3 heterocycles. The van der Waals surface area contributed by atoms with Crippen LogP contribution in [0, 0.1) is 11.8 Å². The zero-order valence-electron chi connectivity index (χ0n) is 24.5. The van der Waals surface area contributed by atoms with Crippen molar-refractivity contribution in [3.05, 3.63) is 42.0 Å². The molecule has 2 saturated heterocycles. The van der Waals surface area contributed by atoms with E-state index in [-0.39, 0.29) is 48.8 Å². The minimum Gasteiger partial charge on any atom is -0.481 e. The monoisotopic (exact) mass is 586 g/mol. The molecule has 3 fully saturated rings. The quantitative estimate of drug-likeness (QED) is 0.209. The fraction of sp³-hybridized carbons (Fsp3) is 0.697. The lowest BCUT2D eigenvalue weighted by atomic mass is 9.86. The van der Waals surface area contributed by atoms with Gasteiger partial charge in [-0.3, -0.25) is 9.59 Å². The van der Waals surface area contributed by atoms with E-state index in [0.29, 0.717) is 58.3 Å². The van der Waals surface area contributed by atoms with Crippen molar-refractivity contribution in [2.45, 2.75) is 121 Å². The maximum absolute atomic E-state index is 13.3. The van der Waals surface area contributed by atoms with Crippen LogP contribution in [0.1, 0.15) is 89.0 Å². The SMILES string of the molecule is O=C(O)CCC/C=C\C[C@H]1C(=O)C[C@@H](OC2CCCCO2)[C@@H]1CC[C@@H](OC1CCCCO1)C1OCc2ccccc2O1. The summed E-state index contributed by atoms with van der Waals surface area (Å²) < 4.78 is 37.2. The number of ketones is 1. The first-order chi connectivity index (χ1) is 20.6. The molecule has 0 bridgehead atoms. The number of allylic oxidation sites excluding steroid dienone is 2. The molecule has 0 radical (unpaired) electrons. The Balaban J connectivity index is 1.27. The highest BCUT2D eigenvalue weighted by Crippen LogP contribution is 2.40. The zero-order chi connectivity index (χ0) is 29.1. The number of hydrogen-bond acceptors (Lipinski definition) is 8. The summed E-state index contributed by atoms with van der Waals surface area (Å²) in [6.07, 6.45) is 11.9. The summed E-state index contributed by atoms with van der Waals surface area (Å²) in [6.45, 7) is 1.82. The molecule has 4 aliphatic rings. The molecule has 3 unspecified atom stereocenters. The summed E-state index contributed by atoms with van der Waals surface area (Å²) >= 11 is 0. The van der Waals surface area contributed by atoms with Crippen LogP contribution < -0.4 is 4.74 Å². The first kappa shape index (κ1) is 31.1. The molecule has 5 rings (SSSR count). The summed E-state index contributed by atoms with van der Waals surface area (Å²) in [5, 5.41) is 8.90. The van der Waals surface area contributed by atoms with Gasteiger partial charge in [0.15, 0.2) is 12.6 Å². The fourth-order valence-corrected chi connectivity index (χ4v) is 6.48. The van der Waals surface area contributed by atoms with Gasteiger partial charge in [0.25, 0.3) is 0 Å². The van der Waals surface area contributed by atoms with Crippen LogP contribution in [0.3, 0.4) is 0 Å². The van der Waals surface area contributed by atoms with Crippen LogP contribution in [0.25, 0.3) is 0 Å². The van der Waals surface area contributed by atoms with E-state index in [0.717, 1.165) is 49.8 Å². The Hall–Kier alpha value is -2.30. The van der Waals surface area contributed by atoms with Crippen molar-refractivity contribution in [3.63, 3.8) is 0 Å². The van der Waals surface area contributed by atoms with Gasteiger partial charge in [0, 0.05) is 37.5 Å². The predicted molar refractivity (Wildman–Crippen MR) is 154 cm³/mol. The average Bonchev–Trinajstić information content (AvgIpc) is 3.30. The van der Waals surface area contributed by atoms with Crippen molar-refractivity contribution in [2.24, 2.45) is 11.8 Å². The number of unbranched alkanes of at least 4 members (excludes halogenated alkanes) is 1. The van der Waals surface area contributed by atoms with Crippen LogP contribution in [0.4, 0.5) is 0 Å². The highest BCUT2D eigenvalue weighted by Gasteiger charge is 2.44. The number of para-hydroxylation sites is 1. The third-order valence-corrected chi connectivity index (χ3v) is 8.76. The van der Waals surface area contributed by atoms with Crippen molar-refractivity contribution in [2.75, 3.05) is 13.2 Å². The van der Waals surface area contributed by atoms with E-state index >= 15 is 0 Å². The molecule has 9 nitrogen and oxygen atoms in total. The average molecular weight is 587 g/mol. The van der Waals surface area contributed by atoms with E-state index in [9.17, 15) is 9.59 Å². The summed E-state index contributed by atoms with van der Waals surface area (Å²) in [5.74, 6) is 0.0626. The van der Waals surface area contributed by atoms with Crippen LogP contribution in [0.2, 0.25) is 0 Å². The number of hydrogen-bond donors (Lipinski definition) is 1. The Morgan fingerprint density at radius 3 is 2.57 bits per heavy atom. The van der Waals surface area contributed by atoms with Gasteiger partial charge in [-0.2, -0.15) is 0 Å². The molecule has 1 N–H and O–H groups in total. The van der Waals surface area contributed by atoms with Crippen molar-refractivity contribution in [3.8, 4) is 5.75 Å². The summed E-state index contributed by atoms with van der Waals surface area (Å²) in [6, 6.07) is 7.90. The van der Waals surface area contributed by atoms with Gasteiger partial charge < -0.3 is 33.5 Å². The molecule has 1 saturated carbocycles. The number of Topliss-reactive ketones (excluding diaryl/α,β-unsaturated/α-hetero) is 1. The number of carboxylic acid groups (broad SMARTS) is 1. The van der Waals surface area contributed by atoms with Crippen molar-refractivity contribution in [1.82, 2.24) is 0 Å². The van der Waals surface area contributed by atoms with Gasteiger partial charge in [-0.1, -0.05) is 30.4 Å². The molecular weight excluding hydrogens is 540 g/mol. The molecule has 3 aliphatic heterocycles. The van der Waals surface area contributed by atoms with Crippen molar-refractivity contribution < 1.29 is 43.1 Å². The van der Waals surface area contributed by atoms with Crippen molar-refractivity contribution >= 4 is 11.8 Å². The van der Waals surface area contributed by atoms with E-state index in [1.54, 1.807) is 0 Å². The van der Waals surface area contributed by atoms with E-state index in [2.05, 4.69) is 0 Å². The topological polar surface area (TPSA) is 110 Å². The Bertz CT molecular complexity index is 1030. The number of carboxylic acids is 1. The van der Waals surface area contributed by atoms with Crippen LogP contribution in [-0.2, 0) is 39.9 Å². The highest BCUT2D eigenvalue weighted by molar-refractivity contribution is 5.84. The number of aliphatic carboxylic acids is 1.